The summed E-state index contributed by atoms with van der Waals surface area (Å²) in [6, 6.07) is 0. The smallest absolute Gasteiger partial charge is 0.0667 e. The van der Waals surface area contributed by atoms with Gasteiger partial charge in [0, 0.05) is 7.05 Å². The van der Waals surface area contributed by atoms with E-state index in [0.717, 1.165) is 6.42 Å². The van der Waals surface area contributed by atoms with Gasteiger partial charge in [-0.1, -0.05) is 6.92 Å². The van der Waals surface area contributed by atoms with Crippen LogP contribution in [-0.2, 0) is 0 Å². The third kappa shape index (κ3) is 2.68. The zero-order valence-electron chi connectivity index (χ0n) is 5.06. The molecule has 1 nitrogen and oxygen atoms in total. The molecule has 0 saturated heterocycles. The quantitative estimate of drug-likeness (QED) is 0.377. The Kier molecular flexibility index (Phi) is 4.20. The van der Waals surface area contributed by atoms with Crippen LogP contribution in [0.1, 0.15) is 13.3 Å². The number of nitrogens with zero attached hydrogens (tertiary/aromatic N) is 1. The first-order chi connectivity index (χ1) is 3.35. The minimum atomic E-state index is 1.07. The Labute approximate surface area is 49.2 Å². The van der Waals surface area contributed by atoms with E-state index in [9.17, 15) is 0 Å². The van der Waals surface area contributed by atoms with Gasteiger partial charge in [0.05, 0.1) is 5.04 Å². The average Bonchev–Trinajstić information content (AvgIpc) is 1.72. The maximum absolute atomic E-state index is 4.00. The van der Waals surface area contributed by atoms with Crippen molar-refractivity contribution in [1.29, 1.82) is 0 Å². The van der Waals surface area contributed by atoms with Crippen molar-refractivity contribution in [2.45, 2.75) is 13.3 Å². The van der Waals surface area contributed by atoms with Crippen LogP contribution in [0.3, 0.4) is 0 Å². The van der Waals surface area contributed by atoms with Crippen molar-refractivity contribution in [3.63, 3.8) is 0 Å². The molecule has 0 aromatic carbocycles. The zero-order chi connectivity index (χ0) is 5.70. The fourth-order valence-electron chi connectivity index (χ4n) is 0.394. The van der Waals surface area contributed by atoms with Crippen molar-refractivity contribution in [2.24, 2.45) is 4.99 Å². The monoisotopic (exact) mass is 117 g/mol. The van der Waals surface area contributed by atoms with Crippen LogP contribution in [0.5, 0.6) is 0 Å². The SMILES string of the molecule is CC/C(=N/C)SC. The Morgan fingerprint density at radius 3 is 2.29 bits per heavy atom. The van der Waals surface area contributed by atoms with E-state index in [1.807, 2.05) is 13.3 Å². The van der Waals surface area contributed by atoms with Crippen LogP contribution >= 0.6 is 11.8 Å². The highest BCUT2D eigenvalue weighted by molar-refractivity contribution is 8.13. The van der Waals surface area contributed by atoms with Gasteiger partial charge >= 0.3 is 0 Å². The number of thioether (sulfide) groups is 1. The molecule has 0 N–H and O–H groups in total. The first-order valence-corrected chi connectivity index (χ1v) is 3.57. The van der Waals surface area contributed by atoms with Crippen LogP contribution < -0.4 is 0 Å². The van der Waals surface area contributed by atoms with E-state index < -0.39 is 0 Å². The molecule has 0 spiro atoms. The minimum Gasteiger partial charge on any atom is -0.286 e. The first kappa shape index (κ1) is 7.02. The van der Waals surface area contributed by atoms with Crippen LogP contribution in [0.2, 0.25) is 0 Å². The summed E-state index contributed by atoms with van der Waals surface area (Å²) in [6.07, 6.45) is 3.11. The largest absolute Gasteiger partial charge is 0.286 e. The molecule has 0 aromatic rings. The van der Waals surface area contributed by atoms with E-state index >= 15 is 0 Å². The molecule has 0 aliphatic heterocycles. The van der Waals surface area contributed by atoms with E-state index in [1.165, 1.54) is 5.04 Å². The topological polar surface area (TPSA) is 12.4 Å². The molecular formula is C5H11NS. The molecule has 0 unspecified atom stereocenters. The Bertz CT molecular complexity index is 62.5. The normalized spacial score (nSPS) is 12.1. The molecule has 0 amide bonds. The molecule has 0 aromatic heterocycles. The van der Waals surface area contributed by atoms with Gasteiger partial charge in [0.2, 0.25) is 0 Å². The van der Waals surface area contributed by atoms with Gasteiger partial charge in [-0.25, -0.2) is 0 Å². The molecule has 0 bridgehead atoms. The van der Waals surface area contributed by atoms with E-state index in [0.29, 0.717) is 0 Å². The van der Waals surface area contributed by atoms with Crippen molar-refractivity contribution in [3.05, 3.63) is 0 Å². The molecule has 0 radical (unpaired) electrons. The Morgan fingerprint density at radius 1 is 1.71 bits per heavy atom. The summed E-state index contributed by atoms with van der Waals surface area (Å²) in [7, 11) is 1.83. The second-order valence-electron chi connectivity index (χ2n) is 1.18. The van der Waals surface area contributed by atoms with Gasteiger partial charge in [-0.15, -0.1) is 11.8 Å². The fourth-order valence-corrected chi connectivity index (χ4v) is 0.865. The summed E-state index contributed by atoms with van der Waals surface area (Å²) < 4.78 is 0. The molecule has 0 aliphatic rings. The molecule has 42 valence electrons. The van der Waals surface area contributed by atoms with Gasteiger partial charge in [0.1, 0.15) is 0 Å². The second kappa shape index (κ2) is 4.19. The van der Waals surface area contributed by atoms with Gasteiger partial charge in [0.15, 0.2) is 0 Å². The van der Waals surface area contributed by atoms with Gasteiger partial charge in [-0.2, -0.15) is 0 Å². The molecule has 0 aliphatic carbocycles. The van der Waals surface area contributed by atoms with Crippen molar-refractivity contribution in [3.8, 4) is 0 Å². The Morgan fingerprint density at radius 2 is 2.29 bits per heavy atom. The summed E-state index contributed by atoms with van der Waals surface area (Å²) in [5, 5.41) is 1.22. The summed E-state index contributed by atoms with van der Waals surface area (Å²) in [5.41, 5.74) is 0. The van der Waals surface area contributed by atoms with E-state index in [1.54, 1.807) is 11.8 Å². The van der Waals surface area contributed by atoms with Crippen LogP contribution in [0, 0.1) is 0 Å². The number of aliphatic imine (C=N–C) groups is 1. The van der Waals surface area contributed by atoms with Crippen molar-refractivity contribution in [1.82, 2.24) is 0 Å². The number of hydrogen-bond acceptors (Lipinski definition) is 2. The molecule has 0 atom stereocenters. The van der Waals surface area contributed by atoms with Crippen LogP contribution in [0.15, 0.2) is 4.99 Å². The predicted octanol–water partition coefficient (Wildman–Crippen LogP) is 1.79. The number of hydrogen-bond donors (Lipinski definition) is 0. The second-order valence-corrected chi connectivity index (χ2v) is 2.05. The van der Waals surface area contributed by atoms with Crippen molar-refractivity contribution in [2.75, 3.05) is 13.3 Å². The molecular weight excluding hydrogens is 106 g/mol. The van der Waals surface area contributed by atoms with Crippen LogP contribution in [0.4, 0.5) is 0 Å². The lowest BCUT2D eigenvalue weighted by atomic mass is 10.5. The van der Waals surface area contributed by atoms with Gasteiger partial charge in [-0.05, 0) is 12.7 Å². The molecule has 0 rings (SSSR count). The first-order valence-electron chi connectivity index (χ1n) is 2.34. The van der Waals surface area contributed by atoms with E-state index in [2.05, 4.69) is 11.9 Å². The van der Waals surface area contributed by atoms with Crippen molar-refractivity contribution >= 4 is 16.8 Å². The van der Waals surface area contributed by atoms with Gasteiger partial charge in [-0.3, -0.25) is 4.99 Å². The summed E-state index contributed by atoms with van der Waals surface area (Å²) in [6.45, 7) is 2.11. The molecule has 0 fully saturated rings. The lowest BCUT2D eigenvalue weighted by Gasteiger charge is -1.91. The van der Waals surface area contributed by atoms with Crippen molar-refractivity contribution < 1.29 is 0 Å². The average molecular weight is 117 g/mol. The highest BCUT2D eigenvalue weighted by Crippen LogP contribution is 1.99. The van der Waals surface area contributed by atoms with E-state index in [4.69, 9.17) is 0 Å². The summed E-state index contributed by atoms with van der Waals surface area (Å²) >= 11 is 1.72. The lowest BCUT2D eigenvalue weighted by molar-refractivity contribution is 1.28. The molecule has 0 heterocycles. The Hall–Kier alpha value is 0.0200. The fraction of sp³-hybridized carbons (Fsp3) is 0.800. The van der Waals surface area contributed by atoms with Gasteiger partial charge < -0.3 is 0 Å². The maximum atomic E-state index is 4.00. The highest BCUT2D eigenvalue weighted by Gasteiger charge is 1.85. The minimum absolute atomic E-state index is 1.07. The van der Waals surface area contributed by atoms with Gasteiger partial charge in [0.25, 0.3) is 0 Å². The standard InChI is InChI=1S/C5H11NS/c1-4-5(6-2)7-3/h4H2,1-3H3/b6-5-. The molecule has 2 heteroatoms. The summed E-state index contributed by atoms with van der Waals surface area (Å²) in [5.74, 6) is 0. The Balaban J connectivity index is 3.38. The highest BCUT2D eigenvalue weighted by atomic mass is 32.2. The zero-order valence-corrected chi connectivity index (χ0v) is 5.88. The predicted molar refractivity (Wildman–Crippen MR) is 37.2 cm³/mol. The number of rotatable bonds is 1. The van der Waals surface area contributed by atoms with Crippen LogP contribution in [-0.4, -0.2) is 18.3 Å². The third-order valence-corrected chi connectivity index (χ3v) is 1.73. The summed E-state index contributed by atoms with van der Waals surface area (Å²) in [4.78, 5) is 4.00. The van der Waals surface area contributed by atoms with Crippen LogP contribution in [0.25, 0.3) is 0 Å². The molecule has 7 heavy (non-hydrogen) atoms. The lowest BCUT2D eigenvalue weighted by Crippen LogP contribution is -1.84. The maximum Gasteiger partial charge on any atom is 0.0667 e. The third-order valence-electron chi connectivity index (χ3n) is 0.787. The van der Waals surface area contributed by atoms with E-state index in [-0.39, 0.29) is 0 Å². The molecule has 0 saturated carbocycles.